The van der Waals surface area contributed by atoms with Crippen LogP contribution in [0.25, 0.3) is 0 Å². The highest BCUT2D eigenvalue weighted by Gasteiger charge is 2.47. The molecule has 1 saturated heterocycles. The van der Waals surface area contributed by atoms with Crippen molar-refractivity contribution in [1.82, 2.24) is 0 Å². The van der Waals surface area contributed by atoms with Gasteiger partial charge in [-0.2, -0.15) is 11.8 Å². The predicted octanol–water partition coefficient (Wildman–Crippen LogP) is 4.73. The van der Waals surface area contributed by atoms with Crippen molar-refractivity contribution in [2.45, 2.75) is 44.3 Å². The fourth-order valence-electron chi connectivity index (χ4n) is 3.97. The molecule has 0 spiro atoms. The quantitative estimate of drug-likeness (QED) is 0.786. The molecule has 1 fully saturated rings. The van der Waals surface area contributed by atoms with Crippen molar-refractivity contribution < 1.29 is 9.90 Å². The zero-order valence-electron chi connectivity index (χ0n) is 13.8. The van der Waals surface area contributed by atoms with E-state index in [4.69, 9.17) is 16.6 Å². The molecule has 3 nitrogen and oxygen atoms in total. The molecule has 1 aromatic carbocycles. The summed E-state index contributed by atoms with van der Waals surface area (Å²) in [5.74, 6) is 1.25. The van der Waals surface area contributed by atoms with Crippen molar-refractivity contribution in [3.05, 3.63) is 40.1 Å². The van der Waals surface area contributed by atoms with Gasteiger partial charge < -0.3 is 5.11 Å². The Hall–Kier alpha value is -1.26. The smallest absolute Gasteiger partial charge is 0.166 e. The number of nitrogens with zero attached hydrogens (tertiary/aromatic N) is 1. The molecule has 2 atom stereocenters. The second kappa shape index (κ2) is 5.63. The summed E-state index contributed by atoms with van der Waals surface area (Å²) in [7, 11) is 0. The molecule has 5 heteroatoms. The minimum atomic E-state index is -0.373. The molecule has 1 aromatic rings. The van der Waals surface area contributed by atoms with E-state index in [1.807, 2.05) is 31.7 Å². The SMILES string of the molecule is CC1(C)CCC2=C(C1=O)C(c1cc(Cl)ccc1O)C1SCCC1=N2. The van der Waals surface area contributed by atoms with Crippen molar-refractivity contribution in [2.75, 3.05) is 5.75 Å². The van der Waals surface area contributed by atoms with Gasteiger partial charge in [0.2, 0.25) is 0 Å². The standard InChI is InChI=1S/C19H20ClNO2S/c1-19(2)7-5-12-16(18(19)23)15(17-13(21-12)6-8-24-17)11-9-10(20)3-4-14(11)22/h3-4,9,15,17,22H,5-8H2,1-2H3. The predicted molar refractivity (Wildman–Crippen MR) is 99.2 cm³/mol. The normalized spacial score (nSPS) is 28.5. The highest BCUT2D eigenvalue weighted by atomic mass is 35.5. The van der Waals surface area contributed by atoms with Gasteiger partial charge in [-0.3, -0.25) is 9.79 Å². The van der Waals surface area contributed by atoms with Gasteiger partial charge in [-0.05, 0) is 43.2 Å². The lowest BCUT2D eigenvalue weighted by molar-refractivity contribution is -0.124. The van der Waals surface area contributed by atoms with Crippen LogP contribution in [-0.4, -0.2) is 27.6 Å². The van der Waals surface area contributed by atoms with E-state index in [2.05, 4.69) is 0 Å². The number of carbonyl (C=O) groups excluding carboxylic acids is 1. The molecular weight excluding hydrogens is 342 g/mol. The number of carbonyl (C=O) groups is 1. The summed E-state index contributed by atoms with van der Waals surface area (Å²) in [5, 5.41) is 11.2. The second-order valence-corrected chi connectivity index (χ2v) is 9.08. The number of hydrogen-bond donors (Lipinski definition) is 1. The Bertz CT molecular complexity index is 797. The number of Topliss-reactive ketones (excluding diaryl/α,β-unsaturated/α-hetero) is 1. The van der Waals surface area contributed by atoms with Crippen LogP contribution in [-0.2, 0) is 4.79 Å². The zero-order chi connectivity index (χ0) is 17.1. The van der Waals surface area contributed by atoms with Gasteiger partial charge in [0.1, 0.15) is 5.75 Å². The topological polar surface area (TPSA) is 49.7 Å². The first-order valence-electron chi connectivity index (χ1n) is 8.34. The average Bonchev–Trinajstić information content (AvgIpc) is 3.00. The van der Waals surface area contributed by atoms with Crippen molar-refractivity contribution in [1.29, 1.82) is 0 Å². The van der Waals surface area contributed by atoms with Crippen molar-refractivity contribution in [2.24, 2.45) is 10.4 Å². The molecule has 126 valence electrons. The summed E-state index contributed by atoms with van der Waals surface area (Å²) in [4.78, 5) is 18.0. The summed E-state index contributed by atoms with van der Waals surface area (Å²) in [6.45, 7) is 4.02. The third-order valence-electron chi connectivity index (χ3n) is 5.36. The highest BCUT2D eigenvalue weighted by molar-refractivity contribution is 8.01. The van der Waals surface area contributed by atoms with Gasteiger partial charge >= 0.3 is 0 Å². The van der Waals surface area contributed by atoms with E-state index in [0.717, 1.165) is 47.6 Å². The summed E-state index contributed by atoms with van der Waals surface area (Å²) in [6.07, 6.45) is 2.61. The fourth-order valence-corrected chi connectivity index (χ4v) is 5.57. The molecule has 0 radical (unpaired) electrons. The van der Waals surface area contributed by atoms with Crippen molar-refractivity contribution in [3.8, 4) is 5.75 Å². The van der Waals surface area contributed by atoms with Crippen LogP contribution in [0.2, 0.25) is 5.02 Å². The van der Waals surface area contributed by atoms with Crippen LogP contribution in [0.3, 0.4) is 0 Å². The number of phenols is 1. The lowest BCUT2D eigenvalue weighted by Crippen LogP contribution is -2.38. The number of allylic oxidation sites excluding steroid dienone is 2. The van der Waals surface area contributed by atoms with E-state index >= 15 is 0 Å². The lowest BCUT2D eigenvalue weighted by Gasteiger charge is -2.38. The van der Waals surface area contributed by atoms with Gasteiger partial charge in [0, 0.05) is 38.9 Å². The zero-order valence-corrected chi connectivity index (χ0v) is 15.4. The molecule has 3 aliphatic rings. The number of hydrogen-bond acceptors (Lipinski definition) is 4. The van der Waals surface area contributed by atoms with Crippen molar-refractivity contribution >= 4 is 34.9 Å². The first-order chi connectivity index (χ1) is 11.4. The van der Waals surface area contributed by atoms with Gasteiger partial charge in [0.25, 0.3) is 0 Å². The molecule has 0 aromatic heterocycles. The Morgan fingerprint density at radius 1 is 1.33 bits per heavy atom. The number of phenolic OH excluding ortho intramolecular Hbond substituents is 1. The Labute approximate surface area is 151 Å². The van der Waals surface area contributed by atoms with E-state index in [9.17, 15) is 9.90 Å². The molecule has 0 saturated carbocycles. The van der Waals surface area contributed by atoms with Crippen LogP contribution in [0.5, 0.6) is 5.75 Å². The number of aliphatic imine (C=N–C) groups is 1. The number of thioether (sulfide) groups is 1. The van der Waals surface area contributed by atoms with Crippen molar-refractivity contribution in [3.63, 3.8) is 0 Å². The maximum Gasteiger partial charge on any atom is 0.166 e. The van der Waals surface area contributed by atoms with E-state index in [1.54, 1.807) is 12.1 Å². The molecule has 24 heavy (non-hydrogen) atoms. The number of benzene rings is 1. The second-order valence-electron chi connectivity index (χ2n) is 7.40. The van der Waals surface area contributed by atoms with E-state index in [-0.39, 0.29) is 28.1 Å². The van der Waals surface area contributed by atoms with Gasteiger partial charge in [-0.25, -0.2) is 0 Å². The molecule has 4 rings (SSSR count). The summed E-state index contributed by atoms with van der Waals surface area (Å²) < 4.78 is 0. The first kappa shape index (κ1) is 16.2. The van der Waals surface area contributed by atoms with E-state index in [0.29, 0.717) is 5.02 Å². The minimum Gasteiger partial charge on any atom is -0.508 e. The molecule has 0 bridgehead atoms. The Morgan fingerprint density at radius 2 is 2.12 bits per heavy atom. The molecule has 1 N–H and O–H groups in total. The Balaban J connectivity index is 1.92. The van der Waals surface area contributed by atoms with Gasteiger partial charge in [0.15, 0.2) is 5.78 Å². The Kier molecular flexibility index (Phi) is 3.81. The minimum absolute atomic E-state index is 0.131. The highest BCUT2D eigenvalue weighted by Crippen LogP contribution is 2.52. The monoisotopic (exact) mass is 361 g/mol. The lowest BCUT2D eigenvalue weighted by atomic mass is 9.68. The summed E-state index contributed by atoms with van der Waals surface area (Å²) >= 11 is 8.03. The molecule has 2 aliphatic heterocycles. The summed E-state index contributed by atoms with van der Waals surface area (Å²) in [6, 6.07) is 5.12. The summed E-state index contributed by atoms with van der Waals surface area (Å²) in [5.41, 5.74) is 3.27. The van der Waals surface area contributed by atoms with Gasteiger partial charge in [0.05, 0.1) is 5.25 Å². The van der Waals surface area contributed by atoms with E-state index < -0.39 is 0 Å². The number of aromatic hydroxyl groups is 1. The van der Waals surface area contributed by atoms with Crippen LogP contribution in [0, 0.1) is 5.41 Å². The van der Waals surface area contributed by atoms with Crippen LogP contribution >= 0.6 is 23.4 Å². The third kappa shape index (κ3) is 2.42. The van der Waals surface area contributed by atoms with Crippen LogP contribution in [0.15, 0.2) is 34.5 Å². The molecule has 0 amide bonds. The first-order valence-corrected chi connectivity index (χ1v) is 9.76. The maximum absolute atomic E-state index is 13.2. The number of rotatable bonds is 1. The average molecular weight is 362 g/mol. The number of fused-ring (bicyclic) bond motifs is 1. The molecule has 2 unspecified atom stereocenters. The fraction of sp³-hybridized carbons (Fsp3) is 0.474. The number of halogens is 1. The molecule has 2 heterocycles. The van der Waals surface area contributed by atoms with Gasteiger partial charge in [-0.1, -0.05) is 25.4 Å². The molecular formula is C19H20ClNO2S. The number of ketones is 1. The van der Waals surface area contributed by atoms with Gasteiger partial charge in [-0.15, -0.1) is 0 Å². The third-order valence-corrected chi connectivity index (χ3v) is 6.94. The largest absolute Gasteiger partial charge is 0.508 e. The van der Waals surface area contributed by atoms with Crippen LogP contribution in [0.1, 0.15) is 44.6 Å². The van der Waals surface area contributed by atoms with E-state index in [1.165, 1.54) is 0 Å². The maximum atomic E-state index is 13.2. The van der Waals surface area contributed by atoms with Crippen LogP contribution in [0.4, 0.5) is 0 Å². The van der Waals surface area contributed by atoms with Crippen LogP contribution < -0.4 is 0 Å². The Morgan fingerprint density at radius 3 is 2.92 bits per heavy atom. The molecule has 1 aliphatic carbocycles.